The molecular weight excluding hydrogens is 248 g/mol. The van der Waals surface area contributed by atoms with Crippen LogP contribution in [0.5, 0.6) is 5.75 Å². The number of methoxy groups -OCH3 is 1. The minimum absolute atomic E-state index is 0.0646. The van der Waals surface area contributed by atoms with Gasteiger partial charge in [-0.15, -0.1) is 0 Å². The van der Waals surface area contributed by atoms with Gasteiger partial charge in [0.2, 0.25) is 0 Å². The maximum absolute atomic E-state index is 10.9. The van der Waals surface area contributed by atoms with Gasteiger partial charge in [0.25, 0.3) is 0 Å². The van der Waals surface area contributed by atoms with E-state index in [1.165, 1.54) is 13.2 Å². The highest BCUT2D eigenvalue weighted by atomic mass is 16.6. The van der Waals surface area contributed by atoms with Crippen LogP contribution in [-0.4, -0.2) is 29.3 Å². The van der Waals surface area contributed by atoms with Crippen LogP contribution >= 0.6 is 0 Å². The van der Waals surface area contributed by atoms with Gasteiger partial charge >= 0.3 is 5.69 Å². The predicted molar refractivity (Wildman–Crippen MR) is 71.5 cm³/mol. The lowest BCUT2D eigenvalue weighted by molar-refractivity contribution is -0.385. The maximum Gasteiger partial charge on any atom is 0.312 e. The standard InChI is InChI=1S/C13H18N2O4/c1-13(2)11(7-12(13)16)14-8-4-5-10(19-3)9(6-8)15(17)18/h4-6,11-12,14,16H,7H2,1-3H3. The largest absolute Gasteiger partial charge is 0.490 e. The SMILES string of the molecule is COc1ccc(NC2CC(O)C2(C)C)cc1[N+](=O)[O-]. The van der Waals surface area contributed by atoms with E-state index in [2.05, 4.69) is 5.32 Å². The van der Waals surface area contributed by atoms with Crippen molar-refractivity contribution in [3.63, 3.8) is 0 Å². The van der Waals surface area contributed by atoms with Crippen LogP contribution in [0.3, 0.4) is 0 Å². The molecule has 2 rings (SSSR count). The summed E-state index contributed by atoms with van der Waals surface area (Å²) in [6, 6.07) is 4.88. The average Bonchev–Trinajstić information content (AvgIpc) is 2.38. The molecule has 1 aromatic rings. The highest BCUT2D eigenvalue weighted by Gasteiger charge is 2.47. The fourth-order valence-corrected chi connectivity index (χ4v) is 2.27. The molecule has 6 heteroatoms. The summed E-state index contributed by atoms with van der Waals surface area (Å²) < 4.78 is 4.96. The number of ether oxygens (including phenoxy) is 1. The predicted octanol–water partition coefficient (Wildman–Crippen LogP) is 2.17. The monoisotopic (exact) mass is 266 g/mol. The number of hydrogen-bond donors (Lipinski definition) is 2. The smallest absolute Gasteiger partial charge is 0.312 e. The van der Waals surface area contributed by atoms with Gasteiger partial charge in [-0.2, -0.15) is 0 Å². The van der Waals surface area contributed by atoms with E-state index in [4.69, 9.17) is 4.74 Å². The first-order chi connectivity index (χ1) is 8.86. The number of nitrogens with one attached hydrogen (secondary N) is 1. The topological polar surface area (TPSA) is 84.6 Å². The summed E-state index contributed by atoms with van der Waals surface area (Å²) in [5.41, 5.74) is 0.372. The van der Waals surface area contributed by atoms with Crippen molar-refractivity contribution in [3.8, 4) is 5.75 Å². The molecule has 1 aromatic carbocycles. The molecule has 0 spiro atoms. The van der Waals surface area contributed by atoms with Crippen LogP contribution in [0.4, 0.5) is 11.4 Å². The molecule has 0 radical (unpaired) electrons. The second-order valence-corrected chi connectivity index (χ2v) is 5.41. The summed E-state index contributed by atoms with van der Waals surface area (Å²) >= 11 is 0. The first-order valence-electron chi connectivity index (χ1n) is 6.13. The maximum atomic E-state index is 10.9. The highest BCUT2D eigenvalue weighted by Crippen LogP contribution is 2.42. The van der Waals surface area contributed by atoms with E-state index in [0.29, 0.717) is 12.1 Å². The number of nitro groups is 1. The molecule has 2 atom stereocenters. The van der Waals surface area contributed by atoms with E-state index in [9.17, 15) is 15.2 Å². The third-order valence-electron chi connectivity index (χ3n) is 3.93. The fraction of sp³-hybridized carbons (Fsp3) is 0.538. The van der Waals surface area contributed by atoms with Gasteiger partial charge in [0.1, 0.15) is 0 Å². The van der Waals surface area contributed by atoms with E-state index in [-0.39, 0.29) is 29.0 Å². The van der Waals surface area contributed by atoms with Gasteiger partial charge in [0, 0.05) is 23.2 Å². The van der Waals surface area contributed by atoms with E-state index in [0.717, 1.165) is 0 Å². The van der Waals surface area contributed by atoms with Crippen LogP contribution in [0.1, 0.15) is 20.3 Å². The highest BCUT2D eigenvalue weighted by molar-refractivity contribution is 5.59. The Balaban J connectivity index is 2.18. The molecule has 19 heavy (non-hydrogen) atoms. The Bertz CT molecular complexity index is 501. The lowest BCUT2D eigenvalue weighted by Gasteiger charge is -2.49. The number of rotatable bonds is 4. The van der Waals surface area contributed by atoms with Gasteiger partial charge in [-0.25, -0.2) is 0 Å². The zero-order valence-electron chi connectivity index (χ0n) is 11.2. The summed E-state index contributed by atoms with van der Waals surface area (Å²) in [7, 11) is 1.40. The Morgan fingerprint density at radius 3 is 2.68 bits per heavy atom. The molecule has 0 aliphatic heterocycles. The summed E-state index contributed by atoms with van der Waals surface area (Å²) in [5.74, 6) is 0.239. The van der Waals surface area contributed by atoms with Gasteiger partial charge in [0.15, 0.2) is 5.75 Å². The molecule has 104 valence electrons. The zero-order valence-corrected chi connectivity index (χ0v) is 11.2. The number of hydrogen-bond acceptors (Lipinski definition) is 5. The fourth-order valence-electron chi connectivity index (χ4n) is 2.27. The van der Waals surface area contributed by atoms with E-state index in [1.807, 2.05) is 13.8 Å². The normalized spacial score (nSPS) is 24.4. The number of aliphatic hydroxyl groups is 1. The minimum atomic E-state index is -0.467. The quantitative estimate of drug-likeness (QED) is 0.644. The lowest BCUT2D eigenvalue weighted by Crippen LogP contribution is -2.56. The molecule has 0 amide bonds. The van der Waals surface area contributed by atoms with Gasteiger partial charge in [-0.1, -0.05) is 13.8 Å². The van der Waals surface area contributed by atoms with Crippen molar-refractivity contribution in [2.24, 2.45) is 5.41 Å². The first kappa shape index (κ1) is 13.6. The molecule has 2 N–H and O–H groups in total. The lowest BCUT2D eigenvalue weighted by atomic mass is 9.64. The van der Waals surface area contributed by atoms with E-state index >= 15 is 0 Å². The Morgan fingerprint density at radius 1 is 1.53 bits per heavy atom. The molecule has 0 heterocycles. The van der Waals surface area contributed by atoms with Gasteiger partial charge < -0.3 is 15.2 Å². The summed E-state index contributed by atoms with van der Waals surface area (Å²) in [4.78, 5) is 10.5. The molecular formula is C13H18N2O4. The number of nitrogens with zero attached hydrogens (tertiary/aromatic N) is 1. The van der Waals surface area contributed by atoms with Crippen LogP contribution in [0.2, 0.25) is 0 Å². The molecule has 6 nitrogen and oxygen atoms in total. The number of anilines is 1. The Labute approximate surface area is 111 Å². The second kappa shape index (κ2) is 4.70. The van der Waals surface area contributed by atoms with Crippen molar-refractivity contribution in [3.05, 3.63) is 28.3 Å². The van der Waals surface area contributed by atoms with E-state index in [1.54, 1.807) is 12.1 Å². The van der Waals surface area contributed by atoms with Crippen molar-refractivity contribution >= 4 is 11.4 Å². The van der Waals surface area contributed by atoms with Crippen molar-refractivity contribution in [1.82, 2.24) is 0 Å². The Hall–Kier alpha value is -1.82. The summed E-state index contributed by atoms with van der Waals surface area (Å²) in [6.07, 6.45) is 0.311. The summed E-state index contributed by atoms with van der Waals surface area (Å²) in [6.45, 7) is 3.94. The number of nitro benzene ring substituents is 1. The third-order valence-corrected chi connectivity index (χ3v) is 3.93. The van der Waals surface area contributed by atoms with Gasteiger partial charge in [-0.3, -0.25) is 10.1 Å². The molecule has 0 bridgehead atoms. The van der Waals surface area contributed by atoms with Gasteiger partial charge in [0.05, 0.1) is 18.1 Å². The summed E-state index contributed by atoms with van der Waals surface area (Å²) in [5, 5.41) is 23.8. The average molecular weight is 266 g/mol. The number of aliphatic hydroxyl groups excluding tert-OH is 1. The zero-order chi connectivity index (χ0) is 14.2. The Morgan fingerprint density at radius 2 is 2.21 bits per heavy atom. The molecule has 1 saturated carbocycles. The minimum Gasteiger partial charge on any atom is -0.490 e. The molecule has 1 aliphatic rings. The van der Waals surface area contributed by atoms with E-state index < -0.39 is 4.92 Å². The first-order valence-corrected chi connectivity index (χ1v) is 6.13. The van der Waals surface area contributed by atoms with Crippen LogP contribution in [0.15, 0.2) is 18.2 Å². The van der Waals surface area contributed by atoms with Gasteiger partial charge in [-0.05, 0) is 18.6 Å². The van der Waals surface area contributed by atoms with Crippen molar-refractivity contribution in [1.29, 1.82) is 0 Å². The molecule has 2 unspecified atom stereocenters. The van der Waals surface area contributed by atoms with Crippen molar-refractivity contribution in [2.45, 2.75) is 32.4 Å². The van der Waals surface area contributed by atoms with Crippen LogP contribution in [0.25, 0.3) is 0 Å². The molecule has 0 saturated heterocycles. The van der Waals surface area contributed by atoms with Crippen molar-refractivity contribution < 1.29 is 14.8 Å². The van der Waals surface area contributed by atoms with Crippen LogP contribution < -0.4 is 10.1 Å². The number of benzene rings is 1. The third kappa shape index (κ3) is 2.35. The molecule has 1 fully saturated rings. The Kier molecular flexibility index (Phi) is 3.36. The van der Waals surface area contributed by atoms with Crippen LogP contribution in [0, 0.1) is 15.5 Å². The molecule has 1 aliphatic carbocycles. The van der Waals surface area contributed by atoms with Crippen molar-refractivity contribution in [2.75, 3.05) is 12.4 Å². The second-order valence-electron chi connectivity index (χ2n) is 5.41. The molecule has 0 aromatic heterocycles. The van der Waals surface area contributed by atoms with Crippen LogP contribution in [-0.2, 0) is 0 Å².